The van der Waals surface area contributed by atoms with E-state index in [-0.39, 0.29) is 0 Å². The summed E-state index contributed by atoms with van der Waals surface area (Å²) in [5, 5.41) is 7.52. The van der Waals surface area contributed by atoms with Crippen LogP contribution in [0, 0.1) is 6.92 Å². The van der Waals surface area contributed by atoms with Gasteiger partial charge in [0.25, 0.3) is 0 Å². The molecule has 0 aliphatic carbocycles. The maximum absolute atomic E-state index is 5.81. The number of aryl methyl sites for hydroxylation is 1. The second kappa shape index (κ2) is 5.68. The Hall–Kier alpha value is -1.55. The fourth-order valence-electron chi connectivity index (χ4n) is 1.78. The second-order valence-corrected chi connectivity index (χ2v) is 4.20. The molecule has 2 heterocycles. The van der Waals surface area contributed by atoms with E-state index in [1.54, 1.807) is 6.20 Å². The molecular weight excluding hydrogens is 214 g/mol. The molecule has 0 spiro atoms. The molecule has 0 amide bonds. The molecule has 0 unspecified atom stereocenters. The molecule has 0 aliphatic heterocycles. The van der Waals surface area contributed by atoms with Crippen LogP contribution in [0.1, 0.15) is 30.4 Å². The van der Waals surface area contributed by atoms with Gasteiger partial charge in [-0.05, 0) is 37.6 Å². The van der Waals surface area contributed by atoms with Gasteiger partial charge in [0.1, 0.15) is 11.5 Å². The predicted octanol–water partition coefficient (Wildman–Crippen LogP) is 2.33. The topological polar surface area (TPSA) is 43.0 Å². The van der Waals surface area contributed by atoms with Gasteiger partial charge in [0.2, 0.25) is 0 Å². The maximum atomic E-state index is 5.81. The van der Waals surface area contributed by atoms with Crippen LogP contribution in [0.3, 0.4) is 0 Å². The predicted molar refractivity (Wildman–Crippen MR) is 66.8 cm³/mol. The van der Waals surface area contributed by atoms with Crippen molar-refractivity contribution in [2.24, 2.45) is 0 Å². The van der Waals surface area contributed by atoms with Gasteiger partial charge in [0.05, 0.1) is 13.1 Å². The summed E-state index contributed by atoms with van der Waals surface area (Å²) in [6, 6.07) is 4.00. The molecule has 0 bridgehead atoms. The quantitative estimate of drug-likeness (QED) is 0.779. The smallest absolute Gasteiger partial charge is 0.126 e. The average molecular weight is 233 g/mol. The number of aromatic nitrogens is 2. The molecule has 0 radical (unpaired) electrons. The highest BCUT2D eigenvalue weighted by molar-refractivity contribution is 5.20. The van der Waals surface area contributed by atoms with Crippen LogP contribution >= 0.6 is 0 Å². The molecule has 92 valence electrons. The number of nitrogens with one attached hydrogen (secondary N) is 1. The number of furan rings is 1. The maximum Gasteiger partial charge on any atom is 0.126 e. The van der Waals surface area contributed by atoms with Crippen LogP contribution in [0.5, 0.6) is 0 Å². The molecule has 4 nitrogen and oxygen atoms in total. The van der Waals surface area contributed by atoms with E-state index in [9.17, 15) is 0 Å². The Morgan fingerprint density at radius 3 is 3.06 bits per heavy atom. The number of hydrogen-bond donors (Lipinski definition) is 1. The van der Waals surface area contributed by atoms with E-state index in [1.165, 1.54) is 5.56 Å². The van der Waals surface area contributed by atoms with Crippen molar-refractivity contribution >= 4 is 0 Å². The van der Waals surface area contributed by atoms with E-state index < -0.39 is 0 Å². The third-order valence-corrected chi connectivity index (χ3v) is 2.66. The lowest BCUT2D eigenvalue weighted by Gasteiger charge is -2.01. The molecular formula is C13H19N3O. The molecule has 0 saturated carbocycles. The van der Waals surface area contributed by atoms with E-state index in [2.05, 4.69) is 30.3 Å². The van der Waals surface area contributed by atoms with Crippen molar-refractivity contribution in [1.29, 1.82) is 0 Å². The summed E-state index contributed by atoms with van der Waals surface area (Å²) < 4.78 is 7.67. The Bertz CT molecular complexity index is 445. The zero-order valence-electron chi connectivity index (χ0n) is 10.4. The first-order valence-electron chi connectivity index (χ1n) is 6.06. The van der Waals surface area contributed by atoms with Crippen molar-refractivity contribution in [3.63, 3.8) is 0 Å². The summed E-state index contributed by atoms with van der Waals surface area (Å²) in [7, 11) is 0. The Labute approximate surface area is 102 Å². The Morgan fingerprint density at radius 2 is 2.35 bits per heavy atom. The fraction of sp³-hybridized carbons (Fsp3) is 0.462. The lowest BCUT2D eigenvalue weighted by Crippen LogP contribution is -2.13. The van der Waals surface area contributed by atoms with Crippen molar-refractivity contribution in [1.82, 2.24) is 15.1 Å². The summed E-state index contributed by atoms with van der Waals surface area (Å²) in [5.41, 5.74) is 1.20. The van der Waals surface area contributed by atoms with Crippen LogP contribution in [-0.2, 0) is 13.1 Å². The van der Waals surface area contributed by atoms with Gasteiger partial charge in [-0.25, -0.2) is 0 Å². The Kier molecular flexibility index (Phi) is 3.98. The van der Waals surface area contributed by atoms with E-state index in [4.69, 9.17) is 4.42 Å². The van der Waals surface area contributed by atoms with Crippen molar-refractivity contribution in [3.05, 3.63) is 41.6 Å². The minimum atomic E-state index is 0.696. The van der Waals surface area contributed by atoms with Crippen LogP contribution in [0.15, 0.2) is 28.9 Å². The van der Waals surface area contributed by atoms with Gasteiger partial charge in [-0.3, -0.25) is 4.68 Å². The monoisotopic (exact) mass is 233 g/mol. The third-order valence-electron chi connectivity index (χ3n) is 2.66. The van der Waals surface area contributed by atoms with E-state index in [1.807, 2.05) is 16.9 Å². The number of nitrogens with zero attached hydrogens (tertiary/aromatic N) is 2. The van der Waals surface area contributed by atoms with Gasteiger partial charge in [-0.2, -0.15) is 5.10 Å². The highest BCUT2D eigenvalue weighted by Crippen LogP contribution is 2.15. The highest BCUT2D eigenvalue weighted by atomic mass is 16.3. The minimum Gasteiger partial charge on any atom is -0.462 e. The van der Waals surface area contributed by atoms with Crippen LogP contribution in [0.4, 0.5) is 0 Å². The molecule has 2 rings (SSSR count). The molecule has 17 heavy (non-hydrogen) atoms. The van der Waals surface area contributed by atoms with Crippen LogP contribution < -0.4 is 5.32 Å². The highest BCUT2D eigenvalue weighted by Gasteiger charge is 2.07. The third kappa shape index (κ3) is 3.20. The molecule has 2 aromatic heterocycles. The molecule has 0 fully saturated rings. The molecule has 1 N–H and O–H groups in total. The average Bonchev–Trinajstić information content (AvgIpc) is 2.91. The Morgan fingerprint density at radius 1 is 1.47 bits per heavy atom. The van der Waals surface area contributed by atoms with Crippen molar-refractivity contribution in [2.45, 2.75) is 33.4 Å². The van der Waals surface area contributed by atoms with Gasteiger partial charge in [-0.1, -0.05) is 6.92 Å². The molecule has 4 heteroatoms. The van der Waals surface area contributed by atoms with E-state index in [0.717, 1.165) is 31.0 Å². The number of hydrogen-bond acceptors (Lipinski definition) is 3. The summed E-state index contributed by atoms with van der Waals surface area (Å²) in [6.45, 7) is 6.76. The van der Waals surface area contributed by atoms with Crippen molar-refractivity contribution in [3.8, 4) is 0 Å². The molecule has 0 atom stereocenters. The van der Waals surface area contributed by atoms with Gasteiger partial charge in [-0.15, -0.1) is 0 Å². The van der Waals surface area contributed by atoms with Crippen LogP contribution in [0.25, 0.3) is 0 Å². The molecule has 2 aromatic rings. The van der Waals surface area contributed by atoms with Crippen LogP contribution in [0.2, 0.25) is 0 Å². The minimum absolute atomic E-state index is 0.696. The summed E-state index contributed by atoms with van der Waals surface area (Å²) in [5.74, 6) is 1.99. The Balaban J connectivity index is 1.98. The molecule has 0 aliphatic rings. The largest absolute Gasteiger partial charge is 0.462 e. The van der Waals surface area contributed by atoms with Crippen molar-refractivity contribution < 1.29 is 4.42 Å². The number of rotatable bonds is 6. The SMILES string of the molecule is CCCNCc1oc(Cn2cccn2)cc1C. The van der Waals surface area contributed by atoms with Crippen molar-refractivity contribution in [2.75, 3.05) is 6.54 Å². The lowest BCUT2D eigenvalue weighted by molar-refractivity contribution is 0.429. The summed E-state index contributed by atoms with van der Waals surface area (Å²) >= 11 is 0. The molecule has 0 aromatic carbocycles. The first-order valence-corrected chi connectivity index (χ1v) is 6.06. The molecule has 0 saturated heterocycles. The van der Waals surface area contributed by atoms with Gasteiger partial charge < -0.3 is 9.73 Å². The van der Waals surface area contributed by atoms with Crippen LogP contribution in [-0.4, -0.2) is 16.3 Å². The first kappa shape index (κ1) is 11.9. The second-order valence-electron chi connectivity index (χ2n) is 4.20. The van der Waals surface area contributed by atoms with Gasteiger partial charge in [0, 0.05) is 12.4 Å². The summed E-state index contributed by atoms with van der Waals surface area (Å²) in [6.07, 6.45) is 4.85. The van der Waals surface area contributed by atoms with Gasteiger partial charge >= 0.3 is 0 Å². The van der Waals surface area contributed by atoms with Gasteiger partial charge in [0.15, 0.2) is 0 Å². The summed E-state index contributed by atoms with van der Waals surface area (Å²) in [4.78, 5) is 0. The standard InChI is InChI=1S/C13H19N3O/c1-3-5-14-9-13-11(2)8-12(17-13)10-16-7-4-6-15-16/h4,6-8,14H,3,5,9-10H2,1-2H3. The fourth-order valence-corrected chi connectivity index (χ4v) is 1.78. The van der Waals surface area contributed by atoms with E-state index >= 15 is 0 Å². The first-order chi connectivity index (χ1) is 8.29. The van der Waals surface area contributed by atoms with E-state index in [0.29, 0.717) is 6.54 Å². The zero-order chi connectivity index (χ0) is 12.1. The zero-order valence-corrected chi connectivity index (χ0v) is 10.4. The normalized spacial score (nSPS) is 10.9. The lowest BCUT2D eigenvalue weighted by atomic mass is 10.2.